The molecular formula is C19H17ClFN3O2S. The molecule has 2 aromatic carbocycles. The molecule has 0 bridgehead atoms. The largest absolute Gasteiger partial charge is 0.325 e. The van der Waals surface area contributed by atoms with Crippen LogP contribution in [0, 0.1) is 19.7 Å². The lowest BCUT2D eigenvalue weighted by atomic mass is 10.1. The maximum Gasteiger partial charge on any atom is 0.238 e. The van der Waals surface area contributed by atoms with Crippen molar-refractivity contribution in [3.63, 3.8) is 0 Å². The molecule has 2 aromatic rings. The highest BCUT2D eigenvalue weighted by molar-refractivity contribution is 8.15. The van der Waals surface area contributed by atoms with Crippen LogP contribution in [0.15, 0.2) is 41.4 Å². The topological polar surface area (TPSA) is 70.6 Å². The van der Waals surface area contributed by atoms with E-state index >= 15 is 0 Å². The van der Waals surface area contributed by atoms with E-state index in [1.54, 1.807) is 0 Å². The van der Waals surface area contributed by atoms with E-state index in [2.05, 4.69) is 15.6 Å². The molecule has 0 spiro atoms. The highest BCUT2D eigenvalue weighted by Gasteiger charge is 2.30. The van der Waals surface area contributed by atoms with Gasteiger partial charge in [0.25, 0.3) is 0 Å². The van der Waals surface area contributed by atoms with Gasteiger partial charge in [-0.1, -0.05) is 29.4 Å². The number of hydrogen-bond donors (Lipinski definition) is 2. The Morgan fingerprint density at radius 2 is 2.04 bits per heavy atom. The molecule has 1 saturated heterocycles. The molecule has 2 amide bonds. The van der Waals surface area contributed by atoms with Gasteiger partial charge in [-0.2, -0.15) is 0 Å². The highest BCUT2D eigenvalue weighted by atomic mass is 35.5. The van der Waals surface area contributed by atoms with E-state index in [0.29, 0.717) is 11.4 Å². The molecular weight excluding hydrogens is 389 g/mol. The minimum atomic E-state index is -0.616. The second-order valence-electron chi connectivity index (χ2n) is 6.16. The molecule has 8 heteroatoms. The molecule has 5 nitrogen and oxygen atoms in total. The van der Waals surface area contributed by atoms with E-state index in [1.807, 2.05) is 32.0 Å². The summed E-state index contributed by atoms with van der Waals surface area (Å²) in [4.78, 5) is 28.8. The SMILES string of the molecule is Cc1ccc(NC(=O)[C@H]2CC(=O)NC(=Nc3ccc(F)c(Cl)c3)S2)cc1C. The Morgan fingerprint density at radius 3 is 2.74 bits per heavy atom. The van der Waals surface area contributed by atoms with Gasteiger partial charge in [0.05, 0.1) is 10.7 Å². The lowest BCUT2D eigenvalue weighted by molar-refractivity contribution is -0.123. The van der Waals surface area contributed by atoms with Crippen molar-refractivity contribution >= 4 is 51.7 Å². The van der Waals surface area contributed by atoms with E-state index in [0.717, 1.165) is 22.9 Å². The summed E-state index contributed by atoms with van der Waals surface area (Å²) in [6.07, 6.45) is 0.0462. The van der Waals surface area contributed by atoms with Gasteiger partial charge in [0.2, 0.25) is 11.8 Å². The van der Waals surface area contributed by atoms with Crippen LogP contribution in [0.2, 0.25) is 5.02 Å². The summed E-state index contributed by atoms with van der Waals surface area (Å²) >= 11 is 6.89. The van der Waals surface area contributed by atoms with E-state index in [9.17, 15) is 14.0 Å². The minimum absolute atomic E-state index is 0.0462. The van der Waals surface area contributed by atoms with Crippen molar-refractivity contribution in [2.75, 3.05) is 5.32 Å². The molecule has 0 saturated carbocycles. The van der Waals surface area contributed by atoms with Crippen LogP contribution < -0.4 is 10.6 Å². The van der Waals surface area contributed by atoms with Gasteiger partial charge in [0.15, 0.2) is 5.17 Å². The number of halogens is 2. The summed E-state index contributed by atoms with van der Waals surface area (Å²) in [5.41, 5.74) is 3.27. The van der Waals surface area contributed by atoms with Crippen LogP contribution in [0.5, 0.6) is 0 Å². The van der Waals surface area contributed by atoms with Crippen molar-refractivity contribution in [3.05, 3.63) is 58.4 Å². The standard InChI is InChI=1S/C19H17ClFN3O2S/c1-10-3-4-12(7-11(10)2)22-18(26)16-9-17(25)24-19(27-16)23-13-5-6-15(21)14(20)8-13/h3-8,16H,9H2,1-2H3,(H,22,26)(H,23,24,25)/t16-/m1/s1. The summed E-state index contributed by atoms with van der Waals surface area (Å²) in [5.74, 6) is -1.13. The first kappa shape index (κ1) is 19.4. The van der Waals surface area contributed by atoms with Crippen molar-refractivity contribution in [2.45, 2.75) is 25.5 Å². The van der Waals surface area contributed by atoms with Crippen LogP contribution >= 0.6 is 23.4 Å². The predicted octanol–water partition coefficient (Wildman–Crippen LogP) is 4.34. The zero-order chi connectivity index (χ0) is 19.6. The molecule has 1 aliphatic heterocycles. The number of rotatable bonds is 3. The quantitative estimate of drug-likeness (QED) is 0.797. The first-order chi connectivity index (χ1) is 12.8. The monoisotopic (exact) mass is 405 g/mol. The summed E-state index contributed by atoms with van der Waals surface area (Å²) in [7, 11) is 0. The highest BCUT2D eigenvalue weighted by Crippen LogP contribution is 2.27. The van der Waals surface area contributed by atoms with Gasteiger partial charge in [-0.3, -0.25) is 9.59 Å². The first-order valence-electron chi connectivity index (χ1n) is 8.20. The zero-order valence-corrected chi connectivity index (χ0v) is 16.2. The molecule has 0 unspecified atom stereocenters. The second-order valence-corrected chi connectivity index (χ2v) is 7.76. The third-order valence-electron chi connectivity index (χ3n) is 4.07. The smallest absolute Gasteiger partial charge is 0.238 e. The number of anilines is 1. The van der Waals surface area contributed by atoms with E-state index in [-0.39, 0.29) is 28.4 Å². The Kier molecular flexibility index (Phi) is 5.82. The first-order valence-corrected chi connectivity index (χ1v) is 9.46. The number of carbonyl (C=O) groups is 2. The van der Waals surface area contributed by atoms with Gasteiger partial charge in [0, 0.05) is 12.1 Å². The summed E-state index contributed by atoms with van der Waals surface area (Å²) in [5, 5.41) is 5.05. The number of amidine groups is 1. The van der Waals surface area contributed by atoms with Crippen LogP contribution in [0.4, 0.5) is 15.8 Å². The van der Waals surface area contributed by atoms with Crippen molar-refractivity contribution in [2.24, 2.45) is 4.99 Å². The number of benzene rings is 2. The molecule has 0 aliphatic carbocycles. The molecule has 2 N–H and O–H groups in total. The average molecular weight is 406 g/mol. The Balaban J connectivity index is 1.74. The number of carbonyl (C=O) groups excluding carboxylic acids is 2. The third-order valence-corrected chi connectivity index (χ3v) is 5.44. The number of thioether (sulfide) groups is 1. The average Bonchev–Trinajstić information content (AvgIpc) is 2.61. The van der Waals surface area contributed by atoms with E-state index in [4.69, 9.17) is 11.6 Å². The minimum Gasteiger partial charge on any atom is -0.325 e. The summed E-state index contributed by atoms with van der Waals surface area (Å²) < 4.78 is 13.3. The maximum atomic E-state index is 13.3. The van der Waals surface area contributed by atoms with Gasteiger partial charge < -0.3 is 10.6 Å². The van der Waals surface area contributed by atoms with Gasteiger partial charge in [-0.15, -0.1) is 0 Å². The lowest BCUT2D eigenvalue weighted by Crippen LogP contribution is -2.41. The third kappa shape index (κ3) is 4.87. The molecule has 1 atom stereocenters. The van der Waals surface area contributed by atoms with Crippen LogP contribution in [-0.4, -0.2) is 22.2 Å². The van der Waals surface area contributed by atoms with Gasteiger partial charge in [0.1, 0.15) is 11.1 Å². The van der Waals surface area contributed by atoms with Crippen molar-refractivity contribution in [1.29, 1.82) is 0 Å². The van der Waals surface area contributed by atoms with Gasteiger partial charge in [-0.05, 0) is 55.3 Å². The molecule has 1 fully saturated rings. The lowest BCUT2D eigenvalue weighted by Gasteiger charge is -2.22. The molecule has 1 aliphatic rings. The number of hydrogen-bond acceptors (Lipinski definition) is 4. The van der Waals surface area contributed by atoms with Crippen LogP contribution in [-0.2, 0) is 9.59 Å². The fourth-order valence-electron chi connectivity index (χ4n) is 2.46. The second kappa shape index (κ2) is 8.10. The van der Waals surface area contributed by atoms with Crippen molar-refractivity contribution in [3.8, 4) is 0 Å². The van der Waals surface area contributed by atoms with Crippen LogP contribution in [0.1, 0.15) is 17.5 Å². The van der Waals surface area contributed by atoms with Crippen LogP contribution in [0.25, 0.3) is 0 Å². The predicted molar refractivity (Wildman–Crippen MR) is 107 cm³/mol. The number of amides is 2. The zero-order valence-electron chi connectivity index (χ0n) is 14.7. The Bertz CT molecular complexity index is 949. The molecule has 1 heterocycles. The molecule has 3 rings (SSSR count). The molecule has 140 valence electrons. The number of nitrogens with zero attached hydrogens (tertiary/aromatic N) is 1. The maximum absolute atomic E-state index is 13.3. The molecule has 0 radical (unpaired) electrons. The Morgan fingerprint density at radius 1 is 1.26 bits per heavy atom. The Hall–Kier alpha value is -2.38. The number of aryl methyl sites for hydroxylation is 2. The fourth-order valence-corrected chi connectivity index (χ4v) is 3.63. The van der Waals surface area contributed by atoms with E-state index in [1.165, 1.54) is 18.2 Å². The number of aliphatic imine (C=N–C) groups is 1. The summed E-state index contributed by atoms with van der Waals surface area (Å²) in [6, 6.07) is 9.63. The fraction of sp³-hybridized carbons (Fsp3) is 0.211. The van der Waals surface area contributed by atoms with Gasteiger partial charge >= 0.3 is 0 Å². The molecule has 0 aromatic heterocycles. The van der Waals surface area contributed by atoms with Crippen molar-refractivity contribution in [1.82, 2.24) is 5.32 Å². The van der Waals surface area contributed by atoms with Crippen molar-refractivity contribution < 1.29 is 14.0 Å². The Labute approximate surface area is 165 Å². The van der Waals surface area contributed by atoms with E-state index < -0.39 is 11.1 Å². The van der Waals surface area contributed by atoms with Gasteiger partial charge in [-0.25, -0.2) is 9.38 Å². The van der Waals surface area contributed by atoms with Crippen LogP contribution in [0.3, 0.4) is 0 Å². The molecule has 27 heavy (non-hydrogen) atoms. The summed E-state index contributed by atoms with van der Waals surface area (Å²) in [6.45, 7) is 3.96. The normalized spacial score (nSPS) is 18.3. The number of nitrogens with one attached hydrogen (secondary N) is 2.